The first-order chi connectivity index (χ1) is 14.0. The lowest BCUT2D eigenvalue weighted by Gasteiger charge is -2.11. The van der Waals surface area contributed by atoms with Crippen LogP contribution in [-0.4, -0.2) is 48.6 Å². The van der Waals surface area contributed by atoms with Crippen LogP contribution in [0.5, 0.6) is 11.5 Å². The molecule has 29 heavy (non-hydrogen) atoms. The Kier molecular flexibility index (Phi) is 8.11. The van der Waals surface area contributed by atoms with Gasteiger partial charge in [-0.05, 0) is 36.4 Å². The fourth-order valence-electron chi connectivity index (χ4n) is 2.50. The molecule has 8 heteroatoms. The number of halogens is 1. The lowest BCUT2D eigenvalue weighted by molar-refractivity contribution is -0.121. The van der Waals surface area contributed by atoms with Gasteiger partial charge in [0.1, 0.15) is 29.0 Å². The number of rotatable bonds is 9. The molecule has 0 spiro atoms. The Labute approximate surface area is 188 Å². The number of likely N-dealkylation sites (N-methyl/N-ethyl adjacent to an activating group) is 1. The first kappa shape index (κ1) is 21.8. The summed E-state index contributed by atoms with van der Waals surface area (Å²) in [6.45, 7) is 1.78. The quantitative estimate of drug-likeness (QED) is 0.285. The molecule has 0 aliphatic carbocycles. The molecule has 3 rings (SSSR count). The SMILES string of the molecule is CN1C(=O)/C(=C\c2cc(Br)ccc2OCCOCCOc2ccccc2)SC1=S. The maximum Gasteiger partial charge on any atom is 0.265 e. The predicted octanol–water partition coefficient (Wildman–Crippen LogP) is 4.75. The number of amides is 1. The number of ether oxygens (including phenoxy) is 3. The zero-order chi connectivity index (χ0) is 20.6. The first-order valence-corrected chi connectivity index (χ1v) is 11.0. The third kappa shape index (κ3) is 6.30. The molecular weight excluding hydrogens is 474 g/mol. The van der Waals surface area contributed by atoms with Crippen LogP contribution in [0.3, 0.4) is 0 Å². The summed E-state index contributed by atoms with van der Waals surface area (Å²) in [5, 5.41) is 0. The van der Waals surface area contributed by atoms with E-state index in [1.165, 1.54) is 16.7 Å². The van der Waals surface area contributed by atoms with Crippen molar-refractivity contribution >= 4 is 56.2 Å². The van der Waals surface area contributed by atoms with Gasteiger partial charge in [0.05, 0.1) is 18.1 Å². The summed E-state index contributed by atoms with van der Waals surface area (Å²) in [6.07, 6.45) is 1.80. The number of carbonyl (C=O) groups is 1. The van der Waals surface area contributed by atoms with E-state index in [1.807, 2.05) is 48.5 Å². The number of hydrogen-bond acceptors (Lipinski definition) is 6. The molecule has 1 heterocycles. The zero-order valence-corrected chi connectivity index (χ0v) is 19.0. The van der Waals surface area contributed by atoms with Crippen molar-refractivity contribution in [1.82, 2.24) is 4.90 Å². The fraction of sp³-hybridized carbons (Fsp3) is 0.238. The van der Waals surface area contributed by atoms with Crippen LogP contribution in [0.2, 0.25) is 0 Å². The van der Waals surface area contributed by atoms with Crippen LogP contribution in [0, 0.1) is 0 Å². The average molecular weight is 494 g/mol. The topological polar surface area (TPSA) is 48.0 Å². The van der Waals surface area contributed by atoms with E-state index in [1.54, 1.807) is 13.1 Å². The Morgan fingerprint density at radius 2 is 1.79 bits per heavy atom. The number of benzene rings is 2. The molecule has 0 atom stereocenters. The smallest absolute Gasteiger partial charge is 0.265 e. The fourth-order valence-corrected chi connectivity index (χ4v) is 4.05. The largest absolute Gasteiger partial charge is 0.491 e. The molecule has 152 valence electrons. The Hall–Kier alpha value is -1.87. The van der Waals surface area contributed by atoms with E-state index in [-0.39, 0.29) is 5.91 Å². The maximum atomic E-state index is 12.2. The van der Waals surface area contributed by atoms with Crippen molar-refractivity contribution in [2.75, 3.05) is 33.5 Å². The lowest BCUT2D eigenvalue weighted by Crippen LogP contribution is -2.22. The van der Waals surface area contributed by atoms with Gasteiger partial charge in [-0.25, -0.2) is 0 Å². The van der Waals surface area contributed by atoms with Gasteiger partial charge in [-0.1, -0.05) is 58.1 Å². The van der Waals surface area contributed by atoms with E-state index >= 15 is 0 Å². The molecule has 2 aromatic rings. The molecule has 2 aromatic carbocycles. The Balaban J connectivity index is 1.48. The number of hydrogen-bond donors (Lipinski definition) is 0. The summed E-state index contributed by atoms with van der Waals surface area (Å²) in [5.41, 5.74) is 0.806. The molecule has 1 aliphatic rings. The predicted molar refractivity (Wildman–Crippen MR) is 123 cm³/mol. The molecule has 0 unspecified atom stereocenters. The summed E-state index contributed by atoms with van der Waals surface area (Å²) >= 11 is 9.93. The second-order valence-corrected chi connectivity index (χ2v) is 8.64. The molecule has 0 saturated carbocycles. The van der Waals surface area contributed by atoms with Crippen molar-refractivity contribution in [2.24, 2.45) is 0 Å². The summed E-state index contributed by atoms with van der Waals surface area (Å²) in [4.78, 5) is 14.3. The van der Waals surface area contributed by atoms with Gasteiger partial charge in [0.15, 0.2) is 0 Å². The highest BCUT2D eigenvalue weighted by Crippen LogP contribution is 2.34. The second kappa shape index (κ2) is 10.8. The van der Waals surface area contributed by atoms with Crippen LogP contribution in [0.4, 0.5) is 0 Å². The molecule has 1 amide bonds. The summed E-state index contributed by atoms with van der Waals surface area (Å²) in [5.74, 6) is 1.40. The van der Waals surface area contributed by atoms with Gasteiger partial charge in [-0.15, -0.1) is 0 Å². The lowest BCUT2D eigenvalue weighted by atomic mass is 10.2. The van der Waals surface area contributed by atoms with E-state index in [0.717, 1.165) is 15.8 Å². The molecule has 1 aliphatic heterocycles. The Bertz CT molecular complexity index is 905. The Morgan fingerprint density at radius 1 is 1.07 bits per heavy atom. The van der Waals surface area contributed by atoms with E-state index in [0.29, 0.717) is 41.4 Å². The first-order valence-electron chi connectivity index (χ1n) is 8.94. The highest BCUT2D eigenvalue weighted by molar-refractivity contribution is 9.10. The number of para-hydroxylation sites is 1. The highest BCUT2D eigenvalue weighted by Gasteiger charge is 2.28. The van der Waals surface area contributed by atoms with Crippen molar-refractivity contribution < 1.29 is 19.0 Å². The van der Waals surface area contributed by atoms with Crippen LogP contribution in [0.1, 0.15) is 5.56 Å². The van der Waals surface area contributed by atoms with Gasteiger partial charge in [0, 0.05) is 17.1 Å². The van der Waals surface area contributed by atoms with Crippen molar-refractivity contribution in [1.29, 1.82) is 0 Å². The standard InChI is InChI=1S/C21H20BrNO4S2/c1-23-20(24)19(29-21(23)28)14-15-13-16(22)7-8-18(15)27-12-10-25-9-11-26-17-5-3-2-4-6-17/h2-8,13-14H,9-12H2,1H3/b19-14+. The van der Waals surface area contributed by atoms with Gasteiger partial charge in [0.25, 0.3) is 5.91 Å². The minimum absolute atomic E-state index is 0.104. The van der Waals surface area contributed by atoms with Gasteiger partial charge in [0.2, 0.25) is 0 Å². The van der Waals surface area contributed by atoms with Crippen LogP contribution < -0.4 is 9.47 Å². The molecule has 0 bridgehead atoms. The van der Waals surface area contributed by atoms with Crippen LogP contribution >= 0.6 is 39.9 Å². The van der Waals surface area contributed by atoms with E-state index in [4.69, 9.17) is 26.4 Å². The molecule has 1 saturated heterocycles. The van der Waals surface area contributed by atoms with Crippen LogP contribution in [-0.2, 0) is 9.53 Å². The Morgan fingerprint density at radius 3 is 2.48 bits per heavy atom. The van der Waals surface area contributed by atoms with Gasteiger partial charge in [-0.3, -0.25) is 9.69 Å². The number of thioether (sulfide) groups is 1. The van der Waals surface area contributed by atoms with Crippen molar-refractivity contribution in [3.05, 3.63) is 63.5 Å². The van der Waals surface area contributed by atoms with Crippen LogP contribution in [0.15, 0.2) is 57.9 Å². The number of carbonyl (C=O) groups excluding carboxylic acids is 1. The molecular formula is C21H20BrNO4S2. The molecule has 0 radical (unpaired) electrons. The summed E-state index contributed by atoms with van der Waals surface area (Å²) in [7, 11) is 1.68. The van der Waals surface area contributed by atoms with Gasteiger partial charge in [-0.2, -0.15) is 0 Å². The maximum absolute atomic E-state index is 12.2. The summed E-state index contributed by atoms with van der Waals surface area (Å²) < 4.78 is 18.4. The van der Waals surface area contributed by atoms with Crippen molar-refractivity contribution in [2.45, 2.75) is 0 Å². The zero-order valence-electron chi connectivity index (χ0n) is 15.8. The molecule has 0 N–H and O–H groups in total. The minimum atomic E-state index is -0.104. The van der Waals surface area contributed by atoms with Crippen molar-refractivity contribution in [3.63, 3.8) is 0 Å². The monoisotopic (exact) mass is 493 g/mol. The molecule has 1 fully saturated rings. The average Bonchev–Trinajstić information content (AvgIpc) is 2.96. The molecule has 0 aromatic heterocycles. The van der Waals surface area contributed by atoms with E-state index in [2.05, 4.69) is 15.9 Å². The minimum Gasteiger partial charge on any atom is -0.491 e. The second-order valence-electron chi connectivity index (χ2n) is 6.05. The van der Waals surface area contributed by atoms with Gasteiger partial charge < -0.3 is 14.2 Å². The van der Waals surface area contributed by atoms with E-state index in [9.17, 15) is 4.79 Å². The van der Waals surface area contributed by atoms with E-state index < -0.39 is 0 Å². The normalized spacial score (nSPS) is 15.2. The van der Waals surface area contributed by atoms with Crippen LogP contribution in [0.25, 0.3) is 6.08 Å². The molecule has 5 nitrogen and oxygen atoms in total. The number of nitrogens with zero attached hydrogens (tertiary/aromatic N) is 1. The van der Waals surface area contributed by atoms with Gasteiger partial charge >= 0.3 is 0 Å². The van der Waals surface area contributed by atoms with Crippen molar-refractivity contribution in [3.8, 4) is 11.5 Å². The summed E-state index contributed by atoms with van der Waals surface area (Å²) in [6, 6.07) is 15.3. The number of thiocarbonyl (C=S) groups is 1. The third-order valence-electron chi connectivity index (χ3n) is 3.97. The third-order valence-corrected chi connectivity index (χ3v) is 5.95. The highest BCUT2D eigenvalue weighted by atomic mass is 79.9.